The van der Waals surface area contributed by atoms with Crippen LogP contribution in [0.5, 0.6) is 0 Å². The van der Waals surface area contributed by atoms with E-state index in [1.807, 2.05) is 0 Å². The number of carbonyl (C=O) groups is 2. The van der Waals surface area contributed by atoms with Gasteiger partial charge in [0.15, 0.2) is 12.3 Å². The second-order valence-electron chi connectivity index (χ2n) is 3.11. The van der Waals surface area contributed by atoms with Crippen LogP contribution in [0.4, 0.5) is 0 Å². The largest absolute Gasteiger partial charge is 1.00 e. The van der Waals surface area contributed by atoms with E-state index >= 15 is 0 Å². The van der Waals surface area contributed by atoms with E-state index in [4.69, 9.17) is 14.9 Å². The Morgan fingerprint density at radius 1 is 1.73 bits per heavy atom. The van der Waals surface area contributed by atoms with Crippen LogP contribution in [0.3, 0.4) is 0 Å². The van der Waals surface area contributed by atoms with E-state index in [9.17, 15) is 9.59 Å². The molecule has 2 aliphatic rings. The van der Waals surface area contributed by atoms with Crippen molar-refractivity contribution in [3.63, 3.8) is 0 Å². The minimum Gasteiger partial charge on any atom is -1.00 e. The molecule has 0 aromatic heterocycles. The zero-order chi connectivity index (χ0) is 10.3. The second kappa shape index (κ2) is 4.94. The van der Waals surface area contributed by atoms with Gasteiger partial charge in [-0.15, -0.1) is 0 Å². The summed E-state index contributed by atoms with van der Waals surface area (Å²) in [5.74, 6) is -1.22. The van der Waals surface area contributed by atoms with Crippen molar-refractivity contribution >= 4 is 11.9 Å². The van der Waals surface area contributed by atoms with E-state index < -0.39 is 18.2 Å². The number of amides is 1. The molecule has 0 aliphatic carbocycles. The van der Waals surface area contributed by atoms with Crippen molar-refractivity contribution in [3.05, 3.63) is 11.8 Å². The maximum absolute atomic E-state index is 11.1. The third kappa shape index (κ3) is 2.13. The molecule has 78 valence electrons. The number of aliphatic carboxylic acids is 1. The number of rotatable bonds is 2. The van der Waals surface area contributed by atoms with Gasteiger partial charge in [-0.3, -0.25) is 9.69 Å². The van der Waals surface area contributed by atoms with E-state index in [1.54, 1.807) is 0 Å². The molecule has 0 saturated carbocycles. The molecule has 2 atom stereocenters. The minimum absolute atomic E-state index is 0. The number of aliphatic hydroxyl groups is 1. The van der Waals surface area contributed by atoms with Gasteiger partial charge in [-0.05, 0) is 6.08 Å². The molecule has 0 radical (unpaired) electrons. The Bertz CT molecular complexity index is 334. The van der Waals surface area contributed by atoms with E-state index in [-0.39, 0.29) is 77.5 Å². The Balaban J connectivity index is 0.00000112. The molecule has 7 heteroatoms. The van der Waals surface area contributed by atoms with E-state index in [0.29, 0.717) is 0 Å². The number of hydrogen-bond donors (Lipinski definition) is 2. The summed E-state index contributed by atoms with van der Waals surface area (Å²) in [4.78, 5) is 23.1. The summed E-state index contributed by atoms with van der Waals surface area (Å²) in [5.41, 5.74) is 0. The van der Waals surface area contributed by atoms with Gasteiger partial charge < -0.3 is 16.4 Å². The van der Waals surface area contributed by atoms with Gasteiger partial charge in [-0.1, -0.05) is 0 Å². The van der Waals surface area contributed by atoms with Gasteiger partial charge in [0.05, 0.1) is 13.0 Å². The van der Waals surface area contributed by atoms with Crippen LogP contribution in [0.2, 0.25) is 0 Å². The van der Waals surface area contributed by atoms with Crippen molar-refractivity contribution in [2.24, 2.45) is 0 Å². The first kappa shape index (κ1) is 13.1. The summed E-state index contributed by atoms with van der Waals surface area (Å²) in [6, 6.07) is -1.06. The number of β-lactam (4-membered cyclic amide) rings is 1. The summed E-state index contributed by atoms with van der Waals surface area (Å²) >= 11 is 0. The van der Waals surface area contributed by atoms with Crippen LogP contribution < -0.4 is 51.4 Å². The fourth-order valence-electron chi connectivity index (χ4n) is 1.66. The summed E-state index contributed by atoms with van der Waals surface area (Å²) in [5, 5.41) is 17.5. The molecule has 6 nitrogen and oxygen atoms in total. The molecule has 0 aromatic rings. The first-order valence-corrected chi connectivity index (χ1v) is 4.16. The van der Waals surface area contributed by atoms with Crippen molar-refractivity contribution in [2.45, 2.75) is 18.7 Å². The molecular weight excluding hydrogens is 229 g/mol. The number of nitrogens with zero attached hydrogens (tertiary/aromatic N) is 1. The Kier molecular flexibility index (Phi) is 4.33. The van der Waals surface area contributed by atoms with E-state index in [0.717, 1.165) is 0 Å². The Hall–Kier alpha value is 0.0764. The van der Waals surface area contributed by atoms with Crippen molar-refractivity contribution in [3.8, 4) is 0 Å². The molecule has 2 N–H and O–H groups in total. The average Bonchev–Trinajstić information content (AvgIpc) is 2.39. The zero-order valence-corrected chi connectivity index (χ0v) is 11.3. The van der Waals surface area contributed by atoms with Crippen molar-refractivity contribution < 1.29 is 77.4 Å². The van der Waals surface area contributed by atoms with Crippen LogP contribution >= 0.6 is 0 Å². The molecule has 2 saturated heterocycles. The topological polar surface area (TPSA) is 87.1 Å². The van der Waals surface area contributed by atoms with Crippen molar-refractivity contribution in [1.82, 2.24) is 4.90 Å². The van der Waals surface area contributed by atoms with Crippen LogP contribution in [0.25, 0.3) is 0 Å². The Morgan fingerprint density at radius 3 is 2.87 bits per heavy atom. The van der Waals surface area contributed by atoms with Gasteiger partial charge in [0.1, 0.15) is 5.76 Å². The second-order valence-corrected chi connectivity index (χ2v) is 3.11. The summed E-state index contributed by atoms with van der Waals surface area (Å²) in [6.45, 7) is -0.298. The summed E-state index contributed by atoms with van der Waals surface area (Å²) < 4.78 is 5.17. The van der Waals surface area contributed by atoms with Crippen LogP contribution in [-0.4, -0.2) is 45.9 Å². The summed E-state index contributed by atoms with van der Waals surface area (Å²) in [6.07, 6.45) is 1.03. The third-order valence-corrected chi connectivity index (χ3v) is 2.29. The van der Waals surface area contributed by atoms with Gasteiger partial charge in [0.2, 0.25) is 5.91 Å². The van der Waals surface area contributed by atoms with Crippen LogP contribution in [-0.2, 0) is 14.3 Å². The van der Waals surface area contributed by atoms with Gasteiger partial charge in [0, 0.05) is 0 Å². The van der Waals surface area contributed by atoms with Crippen molar-refractivity contribution in [2.75, 3.05) is 6.61 Å². The Labute approximate surface area is 130 Å². The number of carbonyl (C=O) groups excluding carboxylic acids is 1. The van der Waals surface area contributed by atoms with E-state index in [2.05, 4.69) is 0 Å². The van der Waals surface area contributed by atoms with Gasteiger partial charge in [-0.25, -0.2) is 4.79 Å². The number of fused-ring (bicyclic) bond motifs is 1. The fraction of sp³-hybridized carbons (Fsp3) is 0.500. The quantitative estimate of drug-likeness (QED) is 0.379. The number of carboxylic acid groups (broad SMARTS) is 1. The standard InChI is InChI=1S/C8H9NO5.K.H/c10-2-1-4-7(8(12)13)9-5(11)3-6(9)14-4;;/h1,6-7,10H,2-3H2,(H,12,13);;/q;+1;-1/b4-1-;;/t6-,7-;;/m1../s1. The molecule has 2 fully saturated rings. The first-order chi connectivity index (χ1) is 6.65. The fourth-order valence-corrected chi connectivity index (χ4v) is 1.66. The molecule has 0 unspecified atom stereocenters. The maximum Gasteiger partial charge on any atom is 1.00 e. The van der Waals surface area contributed by atoms with E-state index in [1.165, 1.54) is 11.0 Å². The maximum atomic E-state index is 11.1. The molecule has 0 spiro atoms. The minimum atomic E-state index is -1.14. The molecule has 15 heavy (non-hydrogen) atoms. The molecule has 0 bridgehead atoms. The number of hydrogen-bond acceptors (Lipinski definition) is 4. The zero-order valence-electron chi connectivity index (χ0n) is 9.21. The molecule has 2 rings (SSSR count). The predicted molar refractivity (Wildman–Crippen MR) is 44.0 cm³/mol. The van der Waals surface area contributed by atoms with Gasteiger partial charge in [-0.2, -0.15) is 0 Å². The predicted octanol–water partition coefficient (Wildman–Crippen LogP) is -3.98. The molecule has 2 aliphatic heterocycles. The van der Waals surface area contributed by atoms with Crippen LogP contribution in [0.15, 0.2) is 11.8 Å². The van der Waals surface area contributed by atoms with Crippen LogP contribution in [0.1, 0.15) is 7.85 Å². The normalized spacial score (nSPS) is 30.3. The van der Waals surface area contributed by atoms with Crippen molar-refractivity contribution in [1.29, 1.82) is 0 Å². The Morgan fingerprint density at radius 2 is 2.40 bits per heavy atom. The van der Waals surface area contributed by atoms with Gasteiger partial charge in [0.25, 0.3) is 0 Å². The monoisotopic (exact) mass is 239 g/mol. The third-order valence-electron chi connectivity index (χ3n) is 2.29. The number of aliphatic hydroxyl groups excluding tert-OH is 1. The molecule has 2 heterocycles. The van der Waals surface area contributed by atoms with Crippen LogP contribution in [0, 0.1) is 0 Å². The average molecular weight is 239 g/mol. The molecular formula is C8H10KNO5. The van der Waals surface area contributed by atoms with Gasteiger partial charge >= 0.3 is 57.4 Å². The summed E-state index contributed by atoms with van der Waals surface area (Å²) in [7, 11) is 0. The number of carboxylic acids is 1. The molecule has 0 aromatic carbocycles. The number of ether oxygens (including phenoxy) is 1. The molecule has 1 amide bonds. The SMILES string of the molecule is O=C(O)[C@H]1/C(=C/CO)O[C@@H]2CC(=O)N21.[H-].[K+]. The smallest absolute Gasteiger partial charge is 1.00 e. The first-order valence-electron chi connectivity index (χ1n) is 4.16.